The van der Waals surface area contributed by atoms with Gasteiger partial charge in [0.2, 0.25) is 11.8 Å². The van der Waals surface area contributed by atoms with E-state index in [2.05, 4.69) is 0 Å². The van der Waals surface area contributed by atoms with Gasteiger partial charge in [-0.3, -0.25) is 9.59 Å². The highest BCUT2D eigenvalue weighted by Gasteiger charge is 2.24. The van der Waals surface area contributed by atoms with Crippen LogP contribution in [-0.2, 0) is 9.59 Å². The van der Waals surface area contributed by atoms with Gasteiger partial charge in [0.1, 0.15) is 0 Å². The summed E-state index contributed by atoms with van der Waals surface area (Å²) in [6.07, 6.45) is 2.95. The molecule has 2 amide bonds. The number of carbonyl (C=O) groups is 2. The first-order valence-corrected chi connectivity index (χ1v) is 5.33. The predicted molar refractivity (Wildman–Crippen MR) is 51.6 cm³/mol. The van der Waals surface area contributed by atoms with Crippen LogP contribution in [0.1, 0.15) is 25.7 Å². The van der Waals surface area contributed by atoms with Crippen molar-refractivity contribution in [3.05, 3.63) is 0 Å². The predicted octanol–water partition coefficient (Wildman–Crippen LogP) is 0.231. The lowest BCUT2D eigenvalue weighted by Crippen LogP contribution is -2.11. The Morgan fingerprint density at radius 2 is 1.14 bits per heavy atom. The molecule has 0 aromatic heterocycles. The van der Waals surface area contributed by atoms with Crippen molar-refractivity contribution in [2.24, 2.45) is 0 Å². The summed E-state index contributed by atoms with van der Waals surface area (Å²) in [5, 5.41) is 0. The molecule has 0 N–H and O–H groups in total. The second kappa shape index (κ2) is 3.98. The van der Waals surface area contributed by atoms with E-state index >= 15 is 0 Å². The molecule has 0 aromatic carbocycles. The Morgan fingerprint density at radius 3 is 1.43 bits per heavy atom. The van der Waals surface area contributed by atoms with Crippen LogP contribution in [0, 0.1) is 0 Å². The third-order valence-corrected chi connectivity index (χ3v) is 2.63. The van der Waals surface area contributed by atoms with Crippen molar-refractivity contribution in [2.75, 3.05) is 26.2 Å². The molecule has 2 saturated heterocycles. The molecule has 0 radical (unpaired) electrons. The fourth-order valence-corrected chi connectivity index (χ4v) is 1.47. The Labute approximate surface area is 83.9 Å². The van der Waals surface area contributed by atoms with Crippen molar-refractivity contribution < 1.29 is 9.59 Å². The van der Waals surface area contributed by atoms with Crippen LogP contribution < -0.4 is 0 Å². The molecule has 4 heteroatoms. The van der Waals surface area contributed by atoms with E-state index in [1.54, 1.807) is 0 Å². The Morgan fingerprint density at radius 1 is 0.786 bits per heavy atom. The summed E-state index contributed by atoms with van der Waals surface area (Å²) in [4.78, 5) is 26.1. The summed E-state index contributed by atoms with van der Waals surface area (Å²) in [5.74, 6) is 0.508. The standard InChI is InChI=1S/C10H16N2O2/c13-9(11-5-6-11)3-1-2-4-10(14)12-7-8-12/h1-8H2. The molecule has 78 valence electrons. The van der Waals surface area contributed by atoms with Gasteiger partial charge in [0.25, 0.3) is 0 Å². The first-order valence-electron chi connectivity index (χ1n) is 5.33. The molecule has 4 nitrogen and oxygen atoms in total. The average Bonchev–Trinajstić information content (AvgIpc) is 3.06. The van der Waals surface area contributed by atoms with Crippen molar-refractivity contribution >= 4 is 11.8 Å². The van der Waals surface area contributed by atoms with Crippen molar-refractivity contribution in [3.63, 3.8) is 0 Å². The highest BCUT2D eigenvalue weighted by Crippen LogP contribution is 2.12. The van der Waals surface area contributed by atoms with E-state index in [0.29, 0.717) is 12.8 Å². The lowest BCUT2D eigenvalue weighted by Gasteiger charge is -2.02. The highest BCUT2D eigenvalue weighted by molar-refractivity contribution is 5.79. The van der Waals surface area contributed by atoms with E-state index in [9.17, 15) is 9.59 Å². The number of hydrogen-bond donors (Lipinski definition) is 0. The number of rotatable bonds is 5. The maximum Gasteiger partial charge on any atom is 0.222 e. The first kappa shape index (κ1) is 9.49. The molecule has 0 spiro atoms. The Kier molecular flexibility index (Phi) is 2.70. The second-order valence-corrected chi connectivity index (χ2v) is 3.97. The van der Waals surface area contributed by atoms with Gasteiger partial charge in [-0.05, 0) is 12.8 Å². The van der Waals surface area contributed by atoms with Gasteiger partial charge in [-0.15, -0.1) is 0 Å². The van der Waals surface area contributed by atoms with E-state index in [1.807, 2.05) is 9.80 Å². The number of amides is 2. The van der Waals surface area contributed by atoms with E-state index < -0.39 is 0 Å². The summed E-state index contributed by atoms with van der Waals surface area (Å²) >= 11 is 0. The zero-order valence-electron chi connectivity index (χ0n) is 8.37. The van der Waals surface area contributed by atoms with Crippen LogP contribution in [0.25, 0.3) is 0 Å². The fraction of sp³-hybridized carbons (Fsp3) is 0.800. The molecule has 0 aliphatic carbocycles. The van der Waals surface area contributed by atoms with Crippen LogP contribution in [0.3, 0.4) is 0 Å². The van der Waals surface area contributed by atoms with E-state index in [-0.39, 0.29) is 11.8 Å². The van der Waals surface area contributed by atoms with Crippen LogP contribution in [0.2, 0.25) is 0 Å². The van der Waals surface area contributed by atoms with Gasteiger partial charge in [0.15, 0.2) is 0 Å². The molecule has 0 aromatic rings. The SMILES string of the molecule is O=C(CCCCC(=O)N1CC1)N1CC1. The Hall–Kier alpha value is -1.06. The van der Waals surface area contributed by atoms with Crippen LogP contribution in [-0.4, -0.2) is 47.8 Å². The fourth-order valence-electron chi connectivity index (χ4n) is 1.47. The normalized spacial score (nSPS) is 18.3. The van der Waals surface area contributed by atoms with Crippen LogP contribution in [0.5, 0.6) is 0 Å². The topological polar surface area (TPSA) is 40.2 Å². The largest absolute Gasteiger partial charge is 0.339 e. The number of nitrogens with zero attached hydrogens (tertiary/aromatic N) is 2. The molecule has 2 heterocycles. The van der Waals surface area contributed by atoms with E-state index in [4.69, 9.17) is 0 Å². The molecule has 14 heavy (non-hydrogen) atoms. The lowest BCUT2D eigenvalue weighted by molar-refractivity contribution is -0.127. The quantitative estimate of drug-likeness (QED) is 0.466. The van der Waals surface area contributed by atoms with Crippen molar-refractivity contribution in [1.82, 2.24) is 9.80 Å². The molecule has 2 rings (SSSR count). The maximum atomic E-state index is 11.2. The van der Waals surface area contributed by atoms with Crippen LogP contribution in [0.4, 0.5) is 0 Å². The minimum Gasteiger partial charge on any atom is -0.339 e. The minimum absolute atomic E-state index is 0.254. The van der Waals surface area contributed by atoms with Gasteiger partial charge in [-0.1, -0.05) is 0 Å². The van der Waals surface area contributed by atoms with Crippen LogP contribution in [0.15, 0.2) is 0 Å². The zero-order chi connectivity index (χ0) is 9.97. The summed E-state index contributed by atoms with van der Waals surface area (Å²) in [7, 11) is 0. The second-order valence-electron chi connectivity index (χ2n) is 3.97. The first-order chi connectivity index (χ1) is 6.77. The molecule has 2 aliphatic rings. The number of carbonyl (C=O) groups excluding carboxylic acids is 2. The Balaban J connectivity index is 1.49. The van der Waals surface area contributed by atoms with Gasteiger partial charge in [0, 0.05) is 39.0 Å². The molecule has 2 aliphatic heterocycles. The minimum atomic E-state index is 0.254. The summed E-state index contributed by atoms with van der Waals surface area (Å²) in [6.45, 7) is 3.74. The number of unbranched alkanes of at least 4 members (excludes halogenated alkanes) is 1. The van der Waals surface area contributed by atoms with E-state index in [1.165, 1.54) is 0 Å². The number of hydrogen-bond acceptors (Lipinski definition) is 2. The molecule has 2 fully saturated rings. The molecule has 0 bridgehead atoms. The van der Waals surface area contributed by atoms with Crippen molar-refractivity contribution in [1.29, 1.82) is 0 Å². The van der Waals surface area contributed by atoms with Crippen molar-refractivity contribution in [3.8, 4) is 0 Å². The van der Waals surface area contributed by atoms with Gasteiger partial charge in [0.05, 0.1) is 0 Å². The Bertz CT molecular complexity index is 219. The third-order valence-electron chi connectivity index (χ3n) is 2.63. The lowest BCUT2D eigenvalue weighted by atomic mass is 10.2. The summed E-state index contributed by atoms with van der Waals surface area (Å²) < 4.78 is 0. The molecular weight excluding hydrogens is 180 g/mol. The average molecular weight is 196 g/mol. The summed E-state index contributed by atoms with van der Waals surface area (Å²) in [6, 6.07) is 0. The smallest absolute Gasteiger partial charge is 0.222 e. The zero-order valence-corrected chi connectivity index (χ0v) is 8.37. The van der Waals surface area contributed by atoms with Crippen molar-refractivity contribution in [2.45, 2.75) is 25.7 Å². The molecule has 0 atom stereocenters. The van der Waals surface area contributed by atoms with Gasteiger partial charge >= 0.3 is 0 Å². The summed E-state index contributed by atoms with van der Waals surface area (Å²) in [5.41, 5.74) is 0. The highest BCUT2D eigenvalue weighted by atomic mass is 16.2. The van der Waals surface area contributed by atoms with Gasteiger partial charge in [-0.25, -0.2) is 0 Å². The van der Waals surface area contributed by atoms with Crippen LogP contribution >= 0.6 is 0 Å². The van der Waals surface area contributed by atoms with Gasteiger partial charge in [-0.2, -0.15) is 0 Å². The van der Waals surface area contributed by atoms with Gasteiger partial charge < -0.3 is 9.80 Å². The van der Waals surface area contributed by atoms with E-state index in [0.717, 1.165) is 39.0 Å². The third kappa shape index (κ3) is 2.72. The monoisotopic (exact) mass is 196 g/mol. The maximum absolute atomic E-state index is 11.2. The molecule has 0 saturated carbocycles. The molecular formula is C10H16N2O2. The molecule has 0 unspecified atom stereocenters.